The van der Waals surface area contributed by atoms with Gasteiger partial charge in [-0.25, -0.2) is 4.98 Å². The van der Waals surface area contributed by atoms with Gasteiger partial charge in [0.05, 0.1) is 17.5 Å². The number of amides is 1. The zero-order valence-electron chi connectivity index (χ0n) is 14.1. The number of nitrogens with one attached hydrogen (secondary N) is 2. The average Bonchev–Trinajstić information content (AvgIpc) is 3.14. The molecular weight excluding hydrogens is 363 g/mol. The molecule has 27 heavy (non-hydrogen) atoms. The molecule has 142 valence electrons. The Morgan fingerprint density at radius 1 is 1.37 bits per heavy atom. The Balaban J connectivity index is 1.62. The van der Waals surface area contributed by atoms with Crippen molar-refractivity contribution in [3.8, 4) is 0 Å². The van der Waals surface area contributed by atoms with E-state index >= 15 is 0 Å². The van der Waals surface area contributed by atoms with Crippen molar-refractivity contribution in [2.24, 2.45) is 5.92 Å². The highest BCUT2D eigenvalue weighted by Crippen LogP contribution is 2.31. The number of aromatic amines is 1. The number of H-pyrrole nitrogens is 1. The summed E-state index contributed by atoms with van der Waals surface area (Å²) in [7, 11) is 0. The minimum absolute atomic E-state index is 0.291. The molecule has 1 fully saturated rings. The van der Waals surface area contributed by atoms with E-state index in [1.165, 1.54) is 0 Å². The fourth-order valence-electron chi connectivity index (χ4n) is 3.39. The van der Waals surface area contributed by atoms with Crippen LogP contribution in [0.2, 0.25) is 0 Å². The van der Waals surface area contributed by atoms with Crippen LogP contribution in [0.1, 0.15) is 12.8 Å². The number of carbonyl (C=O) groups excluding carboxylic acids is 1. The molecule has 4 rings (SSSR count). The first kappa shape index (κ1) is 17.4. The van der Waals surface area contributed by atoms with E-state index < -0.39 is 24.5 Å². The van der Waals surface area contributed by atoms with Gasteiger partial charge in [-0.2, -0.15) is 18.3 Å². The fraction of sp³-hybridized carbons (Fsp3) is 0.438. The third kappa shape index (κ3) is 3.49. The Bertz CT molecular complexity index is 987. The first-order valence-electron chi connectivity index (χ1n) is 8.46. The molecule has 0 aromatic carbocycles. The highest BCUT2D eigenvalue weighted by atomic mass is 19.4. The molecule has 0 saturated carbocycles. The SMILES string of the molecule is O=C(NCC(F)(F)F)C1CCCN(c2[nH]ncc3nnc4nccc4c23)C1. The number of carbonyl (C=O) groups is 1. The highest BCUT2D eigenvalue weighted by molar-refractivity contribution is 6.08. The predicted molar refractivity (Wildman–Crippen MR) is 91.0 cm³/mol. The first-order chi connectivity index (χ1) is 12.9. The van der Waals surface area contributed by atoms with Crippen LogP contribution in [0.15, 0.2) is 18.5 Å². The molecule has 2 N–H and O–H groups in total. The number of halogens is 3. The second-order valence-corrected chi connectivity index (χ2v) is 6.48. The summed E-state index contributed by atoms with van der Waals surface area (Å²) in [5, 5.41) is 18.8. The molecule has 1 aliphatic rings. The maximum absolute atomic E-state index is 12.4. The third-order valence-corrected chi connectivity index (χ3v) is 4.62. The average molecular weight is 379 g/mol. The van der Waals surface area contributed by atoms with Gasteiger partial charge in [0.25, 0.3) is 0 Å². The summed E-state index contributed by atoms with van der Waals surface area (Å²) in [6, 6.07) is 1.82. The first-order valence-corrected chi connectivity index (χ1v) is 8.46. The molecule has 1 saturated heterocycles. The van der Waals surface area contributed by atoms with Crippen LogP contribution >= 0.6 is 0 Å². The minimum atomic E-state index is -4.42. The van der Waals surface area contributed by atoms with Gasteiger partial charge in [-0.1, -0.05) is 0 Å². The Labute approximate surface area is 151 Å². The fourth-order valence-corrected chi connectivity index (χ4v) is 3.39. The van der Waals surface area contributed by atoms with Crippen molar-refractivity contribution in [2.45, 2.75) is 19.0 Å². The number of nitrogens with zero attached hydrogens (tertiary/aromatic N) is 5. The monoisotopic (exact) mass is 379 g/mol. The Hall–Kier alpha value is -2.98. The molecule has 0 aliphatic carbocycles. The van der Waals surface area contributed by atoms with Crippen LogP contribution in [0.25, 0.3) is 21.9 Å². The van der Waals surface area contributed by atoms with Crippen LogP contribution in [0.5, 0.6) is 0 Å². The summed E-state index contributed by atoms with van der Waals surface area (Å²) in [6.45, 7) is -0.378. The number of anilines is 1. The molecule has 1 aliphatic heterocycles. The summed E-state index contributed by atoms with van der Waals surface area (Å²) in [4.78, 5) is 18.2. The molecule has 3 aromatic heterocycles. The van der Waals surface area contributed by atoms with Crippen LogP contribution in [-0.4, -0.2) is 57.1 Å². The predicted octanol–water partition coefficient (Wildman–Crippen LogP) is 1.80. The molecule has 8 nitrogen and oxygen atoms in total. The van der Waals surface area contributed by atoms with Crippen molar-refractivity contribution in [3.63, 3.8) is 0 Å². The molecule has 11 heteroatoms. The van der Waals surface area contributed by atoms with Gasteiger partial charge in [0, 0.05) is 24.7 Å². The topological polar surface area (TPSA) is 99.7 Å². The lowest BCUT2D eigenvalue weighted by molar-refractivity contribution is -0.140. The van der Waals surface area contributed by atoms with Crippen LogP contribution in [0, 0.1) is 5.92 Å². The number of rotatable bonds is 3. The van der Waals surface area contributed by atoms with Gasteiger partial charge in [-0.05, 0) is 18.9 Å². The van der Waals surface area contributed by atoms with E-state index in [2.05, 4.69) is 25.4 Å². The van der Waals surface area contributed by atoms with Crippen molar-refractivity contribution in [1.29, 1.82) is 0 Å². The maximum atomic E-state index is 12.4. The zero-order chi connectivity index (χ0) is 19.0. The minimum Gasteiger partial charge on any atom is -0.356 e. The van der Waals surface area contributed by atoms with Crippen molar-refractivity contribution in [1.82, 2.24) is 30.7 Å². The Morgan fingerprint density at radius 3 is 3.04 bits per heavy atom. The summed E-state index contributed by atoms with van der Waals surface area (Å²) in [5.41, 5.74) is 1.08. The van der Waals surface area contributed by atoms with E-state index in [0.29, 0.717) is 42.9 Å². The van der Waals surface area contributed by atoms with Crippen molar-refractivity contribution < 1.29 is 18.0 Å². The summed E-state index contributed by atoms with van der Waals surface area (Å²) >= 11 is 0. The lowest BCUT2D eigenvalue weighted by Gasteiger charge is -2.33. The van der Waals surface area contributed by atoms with Gasteiger partial charge in [0.1, 0.15) is 17.9 Å². The molecule has 0 spiro atoms. The van der Waals surface area contributed by atoms with Gasteiger partial charge in [0.15, 0.2) is 5.65 Å². The number of alkyl halides is 3. The largest absolute Gasteiger partial charge is 0.405 e. The van der Waals surface area contributed by atoms with Crippen LogP contribution in [0.3, 0.4) is 0 Å². The summed E-state index contributed by atoms with van der Waals surface area (Å²) < 4.78 is 37.1. The van der Waals surface area contributed by atoms with E-state index in [1.807, 2.05) is 16.3 Å². The van der Waals surface area contributed by atoms with Crippen molar-refractivity contribution in [2.75, 3.05) is 24.5 Å². The second kappa shape index (κ2) is 6.63. The highest BCUT2D eigenvalue weighted by Gasteiger charge is 2.32. The number of aromatic nitrogens is 5. The van der Waals surface area contributed by atoms with Gasteiger partial charge >= 0.3 is 6.18 Å². The quantitative estimate of drug-likeness (QED) is 0.720. The second-order valence-electron chi connectivity index (χ2n) is 6.48. The van der Waals surface area contributed by atoms with Crippen molar-refractivity contribution in [3.05, 3.63) is 18.5 Å². The molecule has 1 amide bonds. The van der Waals surface area contributed by atoms with Gasteiger partial charge < -0.3 is 10.2 Å². The van der Waals surface area contributed by atoms with Gasteiger partial charge in [-0.15, -0.1) is 10.2 Å². The van der Waals surface area contributed by atoms with E-state index in [0.717, 1.165) is 10.8 Å². The standard InChI is InChI=1S/C16H16F3N7O/c17-16(18,19)8-21-15(27)9-2-1-5-26(7-9)14-12-10-3-4-20-13(10)24-23-11(12)6-22-25-14/h3-4,6,9,25H,1-2,5,7-8H2,(H,21,27). The lowest BCUT2D eigenvalue weighted by Crippen LogP contribution is -2.45. The van der Waals surface area contributed by atoms with Crippen LogP contribution < -0.4 is 10.2 Å². The molecule has 1 atom stereocenters. The molecule has 0 radical (unpaired) electrons. The van der Waals surface area contributed by atoms with E-state index in [1.54, 1.807) is 12.4 Å². The Morgan fingerprint density at radius 2 is 2.22 bits per heavy atom. The van der Waals surface area contributed by atoms with E-state index in [-0.39, 0.29) is 0 Å². The van der Waals surface area contributed by atoms with Gasteiger partial charge in [-0.3, -0.25) is 9.89 Å². The van der Waals surface area contributed by atoms with E-state index in [9.17, 15) is 18.0 Å². The maximum Gasteiger partial charge on any atom is 0.405 e. The molecule has 4 heterocycles. The van der Waals surface area contributed by atoms with Crippen LogP contribution in [-0.2, 0) is 4.79 Å². The smallest absolute Gasteiger partial charge is 0.356 e. The molecule has 1 unspecified atom stereocenters. The number of fused-ring (bicyclic) bond motifs is 3. The number of piperidine rings is 1. The molecule has 0 bridgehead atoms. The van der Waals surface area contributed by atoms with Gasteiger partial charge in [0.2, 0.25) is 5.91 Å². The number of hydrogen-bond donors (Lipinski definition) is 2. The number of hydrogen-bond acceptors (Lipinski definition) is 6. The summed E-state index contributed by atoms with van der Waals surface area (Å²) in [5.74, 6) is -0.466. The Kier molecular flexibility index (Phi) is 4.28. The zero-order valence-corrected chi connectivity index (χ0v) is 14.1. The lowest BCUT2D eigenvalue weighted by atomic mass is 9.96. The summed E-state index contributed by atoms with van der Waals surface area (Å²) in [6.07, 6.45) is -0.0322. The van der Waals surface area contributed by atoms with Crippen LogP contribution in [0.4, 0.5) is 19.0 Å². The third-order valence-electron chi connectivity index (χ3n) is 4.62. The molecular formula is C16H16F3N7O. The normalized spacial score (nSPS) is 18.2. The molecule has 3 aromatic rings. The van der Waals surface area contributed by atoms with E-state index in [4.69, 9.17) is 0 Å². The van der Waals surface area contributed by atoms with Crippen molar-refractivity contribution >= 4 is 33.7 Å².